The van der Waals surface area contributed by atoms with Crippen molar-refractivity contribution in [1.29, 1.82) is 0 Å². The number of nitrogens with two attached hydrogens (primary N) is 1. The molecule has 3 rings (SSSR count). The Labute approximate surface area is 190 Å². The number of carbonyl (C=O) groups is 2. The quantitative estimate of drug-likeness (QED) is 0.658. The number of thiazole rings is 1. The van der Waals surface area contributed by atoms with Crippen LogP contribution in [-0.4, -0.2) is 40.8 Å². The number of nitrogens with one attached hydrogen (secondary N) is 1. The molecule has 2 unspecified atom stereocenters. The van der Waals surface area contributed by atoms with Crippen molar-refractivity contribution in [2.75, 3.05) is 18.4 Å². The number of anilines is 1. The zero-order valence-corrected chi connectivity index (χ0v) is 19.6. The van der Waals surface area contributed by atoms with Crippen LogP contribution in [0.5, 0.6) is 0 Å². The van der Waals surface area contributed by atoms with Crippen LogP contribution in [0.4, 0.5) is 5.13 Å². The molecule has 166 valence electrons. The van der Waals surface area contributed by atoms with Gasteiger partial charge in [-0.1, -0.05) is 26.2 Å². The number of carbonyl (C=O) groups excluding carboxylic acids is 2. The molecule has 9 heteroatoms. The summed E-state index contributed by atoms with van der Waals surface area (Å²) in [5.41, 5.74) is 5.73. The fourth-order valence-corrected chi connectivity index (χ4v) is 5.28. The minimum Gasteiger partial charge on any atom is -0.338 e. The lowest BCUT2D eigenvalue weighted by molar-refractivity contribution is -0.139. The molecule has 1 aliphatic heterocycles. The van der Waals surface area contributed by atoms with E-state index in [1.165, 1.54) is 17.8 Å². The van der Waals surface area contributed by atoms with Gasteiger partial charge < -0.3 is 16.0 Å². The predicted octanol–water partition coefficient (Wildman–Crippen LogP) is 4.24. The van der Waals surface area contributed by atoms with Crippen molar-refractivity contribution >= 4 is 53.1 Å². The molecule has 2 aliphatic rings. The van der Waals surface area contributed by atoms with E-state index in [1.807, 2.05) is 10.3 Å². The fourth-order valence-electron chi connectivity index (χ4n) is 4.73. The van der Waals surface area contributed by atoms with Crippen LogP contribution in [0.25, 0.3) is 0 Å². The molecule has 2 fully saturated rings. The smallest absolute Gasteiger partial charge is 0.226 e. The van der Waals surface area contributed by atoms with Gasteiger partial charge in [0, 0.05) is 43.5 Å². The molecule has 2 amide bonds. The summed E-state index contributed by atoms with van der Waals surface area (Å²) in [6, 6.07) is 0.144. The van der Waals surface area contributed by atoms with Gasteiger partial charge in [0.05, 0.1) is 0 Å². The maximum absolute atomic E-state index is 13.2. The van der Waals surface area contributed by atoms with Crippen LogP contribution in [-0.2, 0) is 9.59 Å². The Morgan fingerprint density at radius 2 is 2.00 bits per heavy atom. The first-order chi connectivity index (χ1) is 13.0. The molecule has 1 saturated carbocycles. The third kappa shape index (κ3) is 7.09. The van der Waals surface area contributed by atoms with Gasteiger partial charge >= 0.3 is 0 Å². The highest BCUT2D eigenvalue weighted by atomic mass is 35.5. The van der Waals surface area contributed by atoms with Crippen LogP contribution in [0.3, 0.4) is 0 Å². The van der Waals surface area contributed by atoms with Crippen molar-refractivity contribution in [2.45, 2.75) is 70.8 Å². The largest absolute Gasteiger partial charge is 0.338 e. The van der Waals surface area contributed by atoms with Crippen molar-refractivity contribution in [1.82, 2.24) is 9.88 Å². The highest BCUT2D eigenvalue weighted by Gasteiger charge is 2.39. The Hall–Kier alpha value is -0.890. The summed E-state index contributed by atoms with van der Waals surface area (Å²) in [5, 5.41) is 5.37. The van der Waals surface area contributed by atoms with Crippen molar-refractivity contribution < 1.29 is 9.59 Å². The minimum atomic E-state index is -0.223. The van der Waals surface area contributed by atoms with E-state index in [2.05, 4.69) is 17.2 Å². The van der Waals surface area contributed by atoms with Crippen LogP contribution in [0.15, 0.2) is 11.6 Å². The molecule has 6 nitrogen and oxygen atoms in total. The number of aromatic nitrogens is 1. The average molecular weight is 465 g/mol. The molecule has 1 saturated heterocycles. The first-order valence-corrected chi connectivity index (χ1v) is 11.1. The van der Waals surface area contributed by atoms with E-state index in [1.54, 1.807) is 6.20 Å². The molecule has 0 bridgehead atoms. The van der Waals surface area contributed by atoms with Gasteiger partial charge in [0.15, 0.2) is 5.13 Å². The van der Waals surface area contributed by atoms with Crippen LogP contribution in [0.1, 0.15) is 64.7 Å². The van der Waals surface area contributed by atoms with E-state index >= 15 is 0 Å². The van der Waals surface area contributed by atoms with Crippen molar-refractivity contribution in [3.8, 4) is 0 Å². The van der Waals surface area contributed by atoms with Crippen molar-refractivity contribution in [2.24, 2.45) is 17.1 Å². The molecule has 1 aromatic rings. The average Bonchev–Trinajstić information content (AvgIpc) is 3.14. The van der Waals surface area contributed by atoms with Crippen molar-refractivity contribution in [3.05, 3.63) is 11.6 Å². The fraction of sp³-hybridized carbons (Fsp3) is 0.750. The van der Waals surface area contributed by atoms with E-state index in [-0.39, 0.29) is 48.1 Å². The number of halogens is 2. The maximum atomic E-state index is 13.2. The normalized spacial score (nSPS) is 23.4. The molecule has 29 heavy (non-hydrogen) atoms. The number of hydrogen-bond donors (Lipinski definition) is 2. The third-order valence-corrected chi connectivity index (χ3v) is 6.91. The maximum Gasteiger partial charge on any atom is 0.226 e. The van der Waals surface area contributed by atoms with Gasteiger partial charge in [-0.05, 0) is 37.0 Å². The lowest BCUT2D eigenvalue weighted by Crippen LogP contribution is -2.50. The Balaban J connectivity index is 0.00000210. The Bertz CT molecular complexity index is 638. The second kappa shape index (κ2) is 12.1. The summed E-state index contributed by atoms with van der Waals surface area (Å²) in [6.45, 7) is 3.55. The Kier molecular flexibility index (Phi) is 10.9. The number of likely N-dealkylation sites (tertiary alicyclic amines) is 1. The van der Waals surface area contributed by atoms with E-state index in [0.717, 1.165) is 45.1 Å². The zero-order valence-electron chi connectivity index (χ0n) is 17.1. The van der Waals surface area contributed by atoms with Gasteiger partial charge in [-0.2, -0.15) is 0 Å². The number of hydrogen-bond acceptors (Lipinski definition) is 5. The number of nitrogens with zero attached hydrogens (tertiary/aromatic N) is 2. The number of rotatable bonds is 6. The molecule has 1 aliphatic carbocycles. The first kappa shape index (κ1) is 26.1. The van der Waals surface area contributed by atoms with Gasteiger partial charge in [-0.3, -0.25) is 9.59 Å². The predicted molar refractivity (Wildman–Crippen MR) is 123 cm³/mol. The molecular formula is C20H34Cl2N4O2S. The van der Waals surface area contributed by atoms with Gasteiger partial charge in [0.2, 0.25) is 11.8 Å². The molecule has 2 heterocycles. The van der Waals surface area contributed by atoms with Gasteiger partial charge in [0.25, 0.3) is 0 Å². The van der Waals surface area contributed by atoms with E-state index in [4.69, 9.17) is 5.73 Å². The van der Waals surface area contributed by atoms with E-state index < -0.39 is 0 Å². The lowest BCUT2D eigenvalue weighted by atomic mass is 9.69. The highest BCUT2D eigenvalue weighted by Crippen LogP contribution is 2.43. The number of piperidine rings is 1. The molecular weight excluding hydrogens is 431 g/mol. The van der Waals surface area contributed by atoms with Crippen LogP contribution in [0.2, 0.25) is 0 Å². The van der Waals surface area contributed by atoms with Crippen LogP contribution < -0.4 is 11.1 Å². The summed E-state index contributed by atoms with van der Waals surface area (Å²) in [5.74, 6) is 0.777. The zero-order chi connectivity index (χ0) is 19.3. The van der Waals surface area contributed by atoms with E-state index in [0.29, 0.717) is 30.4 Å². The van der Waals surface area contributed by atoms with E-state index in [9.17, 15) is 9.59 Å². The Morgan fingerprint density at radius 1 is 1.28 bits per heavy atom. The summed E-state index contributed by atoms with van der Waals surface area (Å²) < 4.78 is 0. The molecule has 3 N–H and O–H groups in total. The first-order valence-electron chi connectivity index (χ1n) is 10.2. The van der Waals surface area contributed by atoms with Gasteiger partial charge in [-0.25, -0.2) is 4.98 Å². The van der Waals surface area contributed by atoms with Crippen molar-refractivity contribution in [3.63, 3.8) is 0 Å². The summed E-state index contributed by atoms with van der Waals surface area (Å²) in [4.78, 5) is 31.9. The summed E-state index contributed by atoms with van der Waals surface area (Å²) in [6.07, 6.45) is 9.84. The van der Waals surface area contributed by atoms with Gasteiger partial charge in [0.1, 0.15) is 0 Å². The molecule has 0 radical (unpaired) electrons. The molecule has 1 aromatic heterocycles. The molecule has 2 atom stereocenters. The SMILES string of the molecule is CC1CCN(C(=O)CC2(CC(=O)Nc3nccs3)CCCCC2)C(CN)C1.Cl.Cl. The summed E-state index contributed by atoms with van der Waals surface area (Å²) in [7, 11) is 0. The molecule has 0 aromatic carbocycles. The van der Waals surface area contributed by atoms with Crippen LogP contribution in [0, 0.1) is 11.3 Å². The number of amides is 2. The second-order valence-corrected chi connectivity index (χ2v) is 9.30. The monoisotopic (exact) mass is 464 g/mol. The highest BCUT2D eigenvalue weighted by molar-refractivity contribution is 7.13. The van der Waals surface area contributed by atoms with Crippen LogP contribution >= 0.6 is 36.2 Å². The summed E-state index contributed by atoms with van der Waals surface area (Å²) >= 11 is 1.42. The topological polar surface area (TPSA) is 88.3 Å². The Morgan fingerprint density at radius 3 is 2.62 bits per heavy atom. The second-order valence-electron chi connectivity index (χ2n) is 8.41. The lowest BCUT2D eigenvalue weighted by Gasteiger charge is -2.42. The van der Waals surface area contributed by atoms with Gasteiger partial charge in [-0.15, -0.1) is 36.2 Å². The third-order valence-electron chi connectivity index (χ3n) is 6.23. The standard InChI is InChI=1S/C20H32N4O2S.2ClH/c1-15-5-9-24(16(11-15)14-21)18(26)13-20(6-3-2-4-7-20)12-17(25)23-19-22-8-10-27-19;;/h8,10,15-16H,2-7,9,11-14,21H2,1H3,(H,22,23,25);2*1H. The molecule has 0 spiro atoms. The minimum absolute atomic E-state index is 0.